The zero-order chi connectivity index (χ0) is 15.3. The second kappa shape index (κ2) is 6.97. The number of ether oxygens (including phenoxy) is 2. The Morgan fingerprint density at radius 2 is 2.05 bits per heavy atom. The first-order valence-electron chi connectivity index (χ1n) is 5.88. The third kappa shape index (κ3) is 4.13. The quantitative estimate of drug-likeness (QED) is 0.723. The number of rotatable bonds is 6. The van der Waals surface area contributed by atoms with E-state index in [4.69, 9.17) is 4.74 Å². The van der Waals surface area contributed by atoms with Crippen LogP contribution in [0.25, 0.3) is 0 Å². The maximum absolute atomic E-state index is 14.0. The van der Waals surface area contributed by atoms with Crippen LogP contribution in [0.5, 0.6) is 5.75 Å². The normalized spacial score (nSPS) is 11.3. The molecule has 3 nitrogen and oxygen atoms in total. The van der Waals surface area contributed by atoms with E-state index in [-0.39, 0.29) is 16.6 Å². The van der Waals surface area contributed by atoms with Gasteiger partial charge in [0.15, 0.2) is 6.61 Å². The van der Waals surface area contributed by atoms with Gasteiger partial charge in [0, 0.05) is 12.5 Å². The van der Waals surface area contributed by atoms with Crippen molar-refractivity contribution in [1.29, 1.82) is 0 Å². The monoisotopic (exact) mass is 354 g/mol. The molecular formula is C13H14BrF3O3. The smallest absolute Gasteiger partial charge is 0.343 e. The average Bonchev–Trinajstić information content (AvgIpc) is 2.39. The Morgan fingerprint density at radius 1 is 1.40 bits per heavy atom. The lowest BCUT2D eigenvalue weighted by Crippen LogP contribution is -2.18. The lowest BCUT2D eigenvalue weighted by atomic mass is 10.0. The second-order valence-electron chi connectivity index (χ2n) is 4.08. The maximum atomic E-state index is 14.0. The highest BCUT2D eigenvalue weighted by molar-refractivity contribution is 9.10. The van der Waals surface area contributed by atoms with Crippen LogP contribution in [-0.2, 0) is 15.5 Å². The average molecular weight is 355 g/mol. The first-order chi connectivity index (χ1) is 9.31. The van der Waals surface area contributed by atoms with E-state index in [1.54, 1.807) is 6.92 Å². The Balaban J connectivity index is 3.13. The van der Waals surface area contributed by atoms with Crippen molar-refractivity contribution in [2.75, 3.05) is 13.7 Å². The first-order valence-corrected chi connectivity index (χ1v) is 6.68. The summed E-state index contributed by atoms with van der Waals surface area (Å²) < 4.78 is 50.6. The molecule has 0 unspecified atom stereocenters. The third-order valence-corrected chi connectivity index (χ3v) is 3.16. The van der Waals surface area contributed by atoms with Crippen LogP contribution >= 0.6 is 15.9 Å². The maximum Gasteiger partial charge on any atom is 0.343 e. The van der Waals surface area contributed by atoms with Crippen LogP contribution in [0.2, 0.25) is 0 Å². The predicted molar refractivity (Wildman–Crippen MR) is 70.4 cm³/mol. The fourth-order valence-corrected chi connectivity index (χ4v) is 1.92. The van der Waals surface area contributed by atoms with Gasteiger partial charge in [0.05, 0.1) is 17.1 Å². The molecule has 0 bridgehead atoms. The summed E-state index contributed by atoms with van der Waals surface area (Å²) in [5.74, 6) is -5.02. The number of hydrogen-bond donors (Lipinski definition) is 0. The van der Waals surface area contributed by atoms with Crippen LogP contribution in [0.3, 0.4) is 0 Å². The van der Waals surface area contributed by atoms with Gasteiger partial charge in [0.2, 0.25) is 0 Å². The van der Waals surface area contributed by atoms with Crippen LogP contribution in [-0.4, -0.2) is 19.7 Å². The van der Waals surface area contributed by atoms with Crippen molar-refractivity contribution < 1.29 is 27.4 Å². The lowest BCUT2D eigenvalue weighted by Gasteiger charge is -2.20. The number of alkyl halides is 2. The predicted octanol–water partition coefficient (Wildman–Crippen LogP) is 4.03. The van der Waals surface area contributed by atoms with E-state index in [2.05, 4.69) is 20.7 Å². The van der Waals surface area contributed by atoms with Crippen LogP contribution in [0.15, 0.2) is 16.6 Å². The van der Waals surface area contributed by atoms with Gasteiger partial charge in [-0.25, -0.2) is 18.0 Å². The van der Waals surface area contributed by atoms with Gasteiger partial charge in [-0.2, -0.15) is 0 Å². The van der Waals surface area contributed by atoms with Crippen LogP contribution in [0, 0.1) is 5.82 Å². The van der Waals surface area contributed by atoms with Crippen LogP contribution < -0.4 is 4.74 Å². The fourth-order valence-electron chi connectivity index (χ4n) is 1.58. The summed E-state index contributed by atoms with van der Waals surface area (Å²) >= 11 is 2.86. The summed E-state index contributed by atoms with van der Waals surface area (Å²) in [4.78, 5) is 11.0. The van der Waals surface area contributed by atoms with Crippen molar-refractivity contribution in [3.05, 3.63) is 28.0 Å². The highest BCUT2D eigenvalue weighted by atomic mass is 79.9. The fraction of sp³-hybridized carbons (Fsp3) is 0.462. The van der Waals surface area contributed by atoms with Crippen molar-refractivity contribution in [3.8, 4) is 5.75 Å². The van der Waals surface area contributed by atoms with E-state index < -0.39 is 36.3 Å². The zero-order valence-electron chi connectivity index (χ0n) is 11.0. The minimum Gasteiger partial charge on any atom is -0.481 e. The van der Waals surface area contributed by atoms with Crippen LogP contribution in [0.1, 0.15) is 25.3 Å². The van der Waals surface area contributed by atoms with E-state index in [9.17, 15) is 18.0 Å². The number of carbonyl (C=O) groups excluding carboxylic acids is 1. The number of halogens is 4. The molecule has 0 aliphatic heterocycles. The van der Waals surface area contributed by atoms with E-state index in [1.165, 1.54) is 0 Å². The highest BCUT2D eigenvalue weighted by Crippen LogP contribution is 2.40. The molecule has 1 aromatic carbocycles. The zero-order valence-corrected chi connectivity index (χ0v) is 12.6. The number of carbonyl (C=O) groups is 1. The molecule has 0 spiro atoms. The van der Waals surface area contributed by atoms with E-state index in [0.717, 1.165) is 19.2 Å². The molecule has 20 heavy (non-hydrogen) atoms. The van der Waals surface area contributed by atoms with Gasteiger partial charge < -0.3 is 9.47 Å². The third-order valence-electron chi connectivity index (χ3n) is 2.55. The van der Waals surface area contributed by atoms with Crippen molar-refractivity contribution in [1.82, 2.24) is 0 Å². The van der Waals surface area contributed by atoms with Gasteiger partial charge >= 0.3 is 5.97 Å². The molecule has 0 aromatic heterocycles. The summed E-state index contributed by atoms with van der Waals surface area (Å²) in [6.07, 6.45) is -0.155. The topological polar surface area (TPSA) is 35.5 Å². The molecular weight excluding hydrogens is 341 g/mol. The molecule has 1 aromatic rings. The number of methoxy groups -OCH3 is 1. The molecule has 0 aliphatic carbocycles. The minimum absolute atomic E-state index is 0.0892. The van der Waals surface area contributed by atoms with E-state index in [1.807, 2.05) is 0 Å². The van der Waals surface area contributed by atoms with Crippen molar-refractivity contribution in [2.45, 2.75) is 25.7 Å². The van der Waals surface area contributed by atoms with Gasteiger partial charge in [0.1, 0.15) is 11.6 Å². The molecule has 0 amide bonds. The summed E-state index contributed by atoms with van der Waals surface area (Å²) in [5, 5.41) is 0. The number of hydrogen-bond acceptors (Lipinski definition) is 3. The Kier molecular flexibility index (Phi) is 5.86. The summed E-state index contributed by atoms with van der Waals surface area (Å²) in [6, 6.07) is 1.80. The Morgan fingerprint density at radius 3 is 2.60 bits per heavy atom. The van der Waals surface area contributed by atoms with Crippen molar-refractivity contribution in [2.24, 2.45) is 0 Å². The van der Waals surface area contributed by atoms with Gasteiger partial charge in [-0.15, -0.1) is 0 Å². The Bertz CT molecular complexity index is 492. The van der Waals surface area contributed by atoms with Crippen molar-refractivity contribution in [3.63, 3.8) is 0 Å². The largest absolute Gasteiger partial charge is 0.481 e. The molecule has 7 heteroatoms. The summed E-state index contributed by atoms with van der Waals surface area (Å²) in [5.41, 5.74) is -0.462. The number of esters is 1. The van der Waals surface area contributed by atoms with E-state index >= 15 is 0 Å². The van der Waals surface area contributed by atoms with Gasteiger partial charge in [-0.3, -0.25) is 0 Å². The number of benzene rings is 1. The molecule has 0 aliphatic rings. The SMILES string of the molecule is CCCC(F)(F)c1cc(Br)c(F)cc1OCC(=O)OC. The van der Waals surface area contributed by atoms with E-state index in [0.29, 0.717) is 0 Å². The lowest BCUT2D eigenvalue weighted by molar-refractivity contribution is -0.143. The van der Waals surface area contributed by atoms with Crippen LogP contribution in [0.4, 0.5) is 13.2 Å². The molecule has 0 radical (unpaired) electrons. The second-order valence-corrected chi connectivity index (χ2v) is 4.94. The molecule has 0 saturated carbocycles. The Labute approximate surface area is 123 Å². The summed E-state index contributed by atoms with van der Waals surface area (Å²) in [6.45, 7) is 1.05. The molecule has 0 saturated heterocycles. The van der Waals surface area contributed by atoms with Crippen molar-refractivity contribution >= 4 is 21.9 Å². The molecule has 0 fully saturated rings. The standard InChI is InChI=1S/C13H14BrF3O3/c1-3-4-13(16,17)8-5-9(14)10(15)6-11(8)20-7-12(18)19-2/h5-6H,3-4,7H2,1-2H3. The summed E-state index contributed by atoms with van der Waals surface area (Å²) in [7, 11) is 1.14. The molecule has 0 heterocycles. The van der Waals surface area contributed by atoms with Gasteiger partial charge in [-0.1, -0.05) is 13.3 Å². The Hall–Kier alpha value is -1.24. The minimum atomic E-state index is -3.17. The first kappa shape index (κ1) is 16.8. The van der Waals surface area contributed by atoms with Gasteiger partial charge in [-0.05, 0) is 22.0 Å². The molecule has 0 N–H and O–H groups in total. The van der Waals surface area contributed by atoms with Gasteiger partial charge in [0.25, 0.3) is 5.92 Å². The molecule has 112 valence electrons. The molecule has 1 rings (SSSR count). The highest BCUT2D eigenvalue weighted by Gasteiger charge is 2.34. The molecule has 0 atom stereocenters.